The van der Waals surface area contributed by atoms with Crippen LogP contribution < -0.4 is 14.8 Å². The molecule has 3 heterocycles. The first-order valence-electron chi connectivity index (χ1n) is 8.45. The van der Waals surface area contributed by atoms with Crippen LogP contribution in [0.4, 0.5) is 0 Å². The van der Waals surface area contributed by atoms with Gasteiger partial charge in [0.15, 0.2) is 11.5 Å². The minimum Gasteiger partial charge on any atom is -0.493 e. The molecule has 3 aromatic rings. The third kappa shape index (κ3) is 3.23. The van der Waals surface area contributed by atoms with Crippen molar-refractivity contribution < 1.29 is 9.47 Å². The smallest absolute Gasteiger partial charge is 0.164 e. The summed E-state index contributed by atoms with van der Waals surface area (Å²) in [6.07, 6.45) is 4.78. The Balaban J connectivity index is 1.44. The SMILES string of the molecule is COc1cccc2c1OC[C@@H](NCc1cccn1-c1ccccn1)C2. The predicted octanol–water partition coefficient (Wildman–Crippen LogP) is 2.97. The lowest BCUT2D eigenvalue weighted by molar-refractivity contribution is 0.226. The van der Waals surface area contributed by atoms with Crippen molar-refractivity contribution in [1.29, 1.82) is 0 Å². The van der Waals surface area contributed by atoms with Crippen molar-refractivity contribution >= 4 is 0 Å². The molecule has 1 aliphatic heterocycles. The van der Waals surface area contributed by atoms with Crippen molar-refractivity contribution in [1.82, 2.24) is 14.9 Å². The van der Waals surface area contributed by atoms with E-state index in [9.17, 15) is 0 Å². The molecule has 128 valence electrons. The zero-order chi connectivity index (χ0) is 17.1. The fourth-order valence-corrected chi connectivity index (χ4v) is 3.21. The number of fused-ring (bicyclic) bond motifs is 1. The molecule has 0 radical (unpaired) electrons. The van der Waals surface area contributed by atoms with Gasteiger partial charge in [0.05, 0.1) is 7.11 Å². The van der Waals surface area contributed by atoms with E-state index in [1.165, 1.54) is 11.3 Å². The number of hydrogen-bond donors (Lipinski definition) is 1. The quantitative estimate of drug-likeness (QED) is 0.779. The number of pyridine rings is 1. The second-order valence-corrected chi connectivity index (χ2v) is 6.10. The van der Waals surface area contributed by atoms with Crippen molar-refractivity contribution in [2.24, 2.45) is 0 Å². The molecule has 1 aromatic carbocycles. The highest BCUT2D eigenvalue weighted by molar-refractivity contribution is 5.48. The van der Waals surface area contributed by atoms with E-state index in [-0.39, 0.29) is 6.04 Å². The molecule has 4 rings (SSSR count). The zero-order valence-corrected chi connectivity index (χ0v) is 14.2. The lowest BCUT2D eigenvalue weighted by Crippen LogP contribution is -2.39. The maximum atomic E-state index is 5.94. The summed E-state index contributed by atoms with van der Waals surface area (Å²) in [4.78, 5) is 4.42. The highest BCUT2D eigenvalue weighted by atomic mass is 16.5. The molecule has 1 atom stereocenters. The van der Waals surface area contributed by atoms with Crippen LogP contribution in [-0.2, 0) is 13.0 Å². The molecule has 5 nitrogen and oxygen atoms in total. The number of aromatic nitrogens is 2. The average molecular weight is 335 g/mol. The molecule has 1 N–H and O–H groups in total. The molecule has 0 unspecified atom stereocenters. The average Bonchev–Trinajstić information content (AvgIpc) is 3.15. The van der Waals surface area contributed by atoms with E-state index in [1.807, 2.05) is 48.8 Å². The molecule has 1 aliphatic rings. The summed E-state index contributed by atoms with van der Waals surface area (Å²) >= 11 is 0. The Morgan fingerprint density at radius 2 is 2.16 bits per heavy atom. The Morgan fingerprint density at radius 1 is 1.20 bits per heavy atom. The van der Waals surface area contributed by atoms with Gasteiger partial charge in [-0.15, -0.1) is 0 Å². The van der Waals surface area contributed by atoms with Crippen LogP contribution in [0.15, 0.2) is 60.9 Å². The second kappa shape index (κ2) is 6.99. The summed E-state index contributed by atoms with van der Waals surface area (Å²) in [5.41, 5.74) is 2.36. The van der Waals surface area contributed by atoms with Crippen molar-refractivity contribution in [3.8, 4) is 17.3 Å². The molecule has 0 amide bonds. The van der Waals surface area contributed by atoms with E-state index >= 15 is 0 Å². The summed E-state index contributed by atoms with van der Waals surface area (Å²) in [6, 6.07) is 16.4. The summed E-state index contributed by atoms with van der Waals surface area (Å²) in [5.74, 6) is 2.61. The lowest BCUT2D eigenvalue weighted by atomic mass is 10.0. The Labute approximate surface area is 147 Å². The van der Waals surface area contributed by atoms with Gasteiger partial charge >= 0.3 is 0 Å². The number of methoxy groups -OCH3 is 1. The monoisotopic (exact) mass is 335 g/mol. The van der Waals surface area contributed by atoms with Crippen molar-refractivity contribution in [2.75, 3.05) is 13.7 Å². The van der Waals surface area contributed by atoms with Gasteiger partial charge in [-0.25, -0.2) is 4.98 Å². The van der Waals surface area contributed by atoms with Crippen LogP contribution in [0.5, 0.6) is 11.5 Å². The molecule has 0 fully saturated rings. The Bertz CT molecular complexity index is 845. The van der Waals surface area contributed by atoms with Crippen LogP contribution in [0.25, 0.3) is 5.82 Å². The highest BCUT2D eigenvalue weighted by Gasteiger charge is 2.22. The number of ether oxygens (including phenoxy) is 2. The van der Waals surface area contributed by atoms with E-state index in [0.717, 1.165) is 30.3 Å². The number of nitrogens with zero attached hydrogens (tertiary/aromatic N) is 2. The Hall–Kier alpha value is -2.79. The topological polar surface area (TPSA) is 48.3 Å². The molecule has 0 aliphatic carbocycles. The van der Waals surface area contributed by atoms with Crippen LogP contribution in [-0.4, -0.2) is 29.3 Å². The Kier molecular flexibility index (Phi) is 4.39. The maximum absolute atomic E-state index is 5.94. The highest BCUT2D eigenvalue weighted by Crippen LogP contribution is 2.34. The summed E-state index contributed by atoms with van der Waals surface area (Å²) in [7, 11) is 1.68. The first-order valence-corrected chi connectivity index (χ1v) is 8.45. The van der Waals surface area contributed by atoms with Crippen molar-refractivity contribution in [3.63, 3.8) is 0 Å². The van der Waals surface area contributed by atoms with E-state index < -0.39 is 0 Å². The van der Waals surface area contributed by atoms with Gasteiger partial charge in [0.1, 0.15) is 12.4 Å². The summed E-state index contributed by atoms with van der Waals surface area (Å²) in [6.45, 7) is 1.40. The van der Waals surface area contributed by atoms with E-state index in [1.54, 1.807) is 7.11 Å². The van der Waals surface area contributed by atoms with Crippen LogP contribution >= 0.6 is 0 Å². The van der Waals surface area contributed by atoms with Gasteiger partial charge in [-0.3, -0.25) is 0 Å². The molecule has 0 bridgehead atoms. The Morgan fingerprint density at radius 3 is 3.00 bits per heavy atom. The molecule has 25 heavy (non-hydrogen) atoms. The van der Waals surface area contributed by atoms with Gasteiger partial charge < -0.3 is 19.4 Å². The fourth-order valence-electron chi connectivity index (χ4n) is 3.21. The first-order chi connectivity index (χ1) is 12.3. The van der Waals surface area contributed by atoms with E-state index in [4.69, 9.17) is 9.47 Å². The van der Waals surface area contributed by atoms with Crippen molar-refractivity contribution in [2.45, 2.75) is 19.0 Å². The fraction of sp³-hybridized carbons (Fsp3) is 0.250. The van der Waals surface area contributed by atoms with Gasteiger partial charge in [0, 0.05) is 30.7 Å². The minimum absolute atomic E-state index is 0.270. The molecule has 2 aromatic heterocycles. The molecular weight excluding hydrogens is 314 g/mol. The van der Waals surface area contributed by atoms with Crippen LogP contribution in [0.1, 0.15) is 11.3 Å². The number of rotatable bonds is 5. The lowest BCUT2D eigenvalue weighted by Gasteiger charge is -2.27. The third-order valence-electron chi connectivity index (χ3n) is 4.48. The maximum Gasteiger partial charge on any atom is 0.164 e. The number of nitrogens with one attached hydrogen (secondary N) is 1. The minimum atomic E-state index is 0.270. The second-order valence-electron chi connectivity index (χ2n) is 6.10. The molecule has 0 saturated heterocycles. The first kappa shape index (κ1) is 15.7. The zero-order valence-electron chi connectivity index (χ0n) is 14.2. The summed E-state index contributed by atoms with van der Waals surface area (Å²) in [5, 5.41) is 3.60. The normalized spacial score (nSPS) is 16.1. The molecule has 0 spiro atoms. The largest absolute Gasteiger partial charge is 0.493 e. The number of benzene rings is 1. The van der Waals surface area contributed by atoms with E-state index in [2.05, 4.69) is 27.0 Å². The van der Waals surface area contributed by atoms with E-state index in [0.29, 0.717) is 6.61 Å². The van der Waals surface area contributed by atoms with Crippen LogP contribution in [0.2, 0.25) is 0 Å². The number of para-hydroxylation sites is 1. The van der Waals surface area contributed by atoms with Crippen molar-refractivity contribution in [3.05, 3.63) is 72.2 Å². The van der Waals surface area contributed by atoms with Gasteiger partial charge in [-0.2, -0.15) is 0 Å². The standard InChI is InChI=1S/C20H21N3O2/c1-24-18-8-4-6-15-12-16(14-25-20(15)18)22-13-17-7-5-11-23(17)19-9-2-3-10-21-19/h2-11,16,22H,12-14H2,1H3/t16-/m0/s1. The van der Waals surface area contributed by atoms with Crippen LogP contribution in [0.3, 0.4) is 0 Å². The van der Waals surface area contributed by atoms with Gasteiger partial charge in [-0.05, 0) is 42.3 Å². The van der Waals surface area contributed by atoms with Gasteiger partial charge in [0.25, 0.3) is 0 Å². The molecule has 0 saturated carbocycles. The molecular formula is C20H21N3O2. The van der Waals surface area contributed by atoms with Gasteiger partial charge in [0.2, 0.25) is 0 Å². The molecule has 5 heteroatoms. The summed E-state index contributed by atoms with van der Waals surface area (Å²) < 4.78 is 13.4. The predicted molar refractivity (Wildman–Crippen MR) is 96.4 cm³/mol. The third-order valence-corrected chi connectivity index (χ3v) is 4.48. The van der Waals surface area contributed by atoms with Gasteiger partial charge in [-0.1, -0.05) is 18.2 Å². The number of hydrogen-bond acceptors (Lipinski definition) is 4. The van der Waals surface area contributed by atoms with Crippen LogP contribution in [0, 0.1) is 0 Å².